The van der Waals surface area contributed by atoms with Gasteiger partial charge in [0.2, 0.25) is 0 Å². The standard InChI is InChI=1S/C20H24N2O3S2/c1-20(2,24)19-21-11-18(26-19)27(3,25)22-17(23)10-16-14-6-4-5-12(14)9-13-7-8-15(13)16/h9,11,24H,4-8,10H2,1-3H3. The Balaban J connectivity index is 1.63. The number of amides is 1. The summed E-state index contributed by atoms with van der Waals surface area (Å²) in [5.41, 5.74) is 5.41. The fourth-order valence-corrected chi connectivity index (χ4v) is 6.32. The van der Waals surface area contributed by atoms with E-state index < -0.39 is 15.3 Å². The summed E-state index contributed by atoms with van der Waals surface area (Å²) in [4.78, 5) is 16.8. The highest BCUT2D eigenvalue weighted by Gasteiger charge is 2.27. The molecule has 1 aromatic carbocycles. The van der Waals surface area contributed by atoms with Crippen LogP contribution in [0.5, 0.6) is 0 Å². The molecule has 1 aromatic heterocycles. The molecule has 0 fully saturated rings. The van der Waals surface area contributed by atoms with Crippen LogP contribution in [-0.2, 0) is 52.2 Å². The second kappa shape index (κ2) is 6.50. The quantitative estimate of drug-likeness (QED) is 0.849. The zero-order valence-corrected chi connectivity index (χ0v) is 17.5. The number of nitrogens with zero attached hydrogens (tertiary/aromatic N) is 2. The number of hydrogen-bond donors (Lipinski definition) is 1. The lowest BCUT2D eigenvalue weighted by Crippen LogP contribution is -2.17. The first-order valence-electron chi connectivity index (χ1n) is 9.24. The highest BCUT2D eigenvalue weighted by atomic mass is 32.2. The van der Waals surface area contributed by atoms with Crippen LogP contribution in [0, 0.1) is 0 Å². The van der Waals surface area contributed by atoms with Crippen molar-refractivity contribution in [3.05, 3.63) is 45.1 Å². The summed E-state index contributed by atoms with van der Waals surface area (Å²) in [7, 11) is -2.87. The molecule has 2 aliphatic carbocycles. The predicted molar refractivity (Wildman–Crippen MR) is 107 cm³/mol. The van der Waals surface area contributed by atoms with Crippen molar-refractivity contribution in [3.63, 3.8) is 0 Å². The van der Waals surface area contributed by atoms with E-state index in [1.165, 1.54) is 34.7 Å². The van der Waals surface area contributed by atoms with Gasteiger partial charge in [-0.1, -0.05) is 6.07 Å². The van der Waals surface area contributed by atoms with Gasteiger partial charge in [0.1, 0.15) is 14.8 Å². The molecule has 0 saturated carbocycles. The van der Waals surface area contributed by atoms with Crippen LogP contribution in [0.2, 0.25) is 0 Å². The van der Waals surface area contributed by atoms with Crippen molar-refractivity contribution >= 4 is 27.0 Å². The van der Waals surface area contributed by atoms with Gasteiger partial charge in [0.25, 0.3) is 5.91 Å². The summed E-state index contributed by atoms with van der Waals surface area (Å²) < 4.78 is 17.5. The van der Waals surface area contributed by atoms with E-state index in [0.29, 0.717) is 9.22 Å². The maximum atomic E-state index is 13.0. The van der Waals surface area contributed by atoms with Crippen LogP contribution in [0.1, 0.15) is 53.1 Å². The molecule has 1 N–H and O–H groups in total. The Morgan fingerprint density at radius 3 is 2.59 bits per heavy atom. The lowest BCUT2D eigenvalue weighted by molar-refractivity contribution is -0.117. The molecule has 1 amide bonds. The molecule has 7 heteroatoms. The summed E-state index contributed by atoms with van der Waals surface area (Å²) in [5.74, 6) is -0.338. The molecule has 1 atom stereocenters. The number of aliphatic hydroxyl groups is 1. The van der Waals surface area contributed by atoms with Gasteiger partial charge in [-0.05, 0) is 73.8 Å². The number of hydrogen-bond acceptors (Lipinski definition) is 5. The van der Waals surface area contributed by atoms with Gasteiger partial charge in [0.15, 0.2) is 0 Å². The van der Waals surface area contributed by atoms with Crippen molar-refractivity contribution in [2.75, 3.05) is 6.26 Å². The highest BCUT2D eigenvalue weighted by molar-refractivity contribution is 7.95. The topological polar surface area (TPSA) is 79.6 Å². The van der Waals surface area contributed by atoms with Crippen LogP contribution in [0.3, 0.4) is 0 Å². The molecule has 0 radical (unpaired) electrons. The van der Waals surface area contributed by atoms with Crippen molar-refractivity contribution in [2.24, 2.45) is 4.36 Å². The second-order valence-corrected chi connectivity index (χ2v) is 11.5. The summed E-state index contributed by atoms with van der Waals surface area (Å²) >= 11 is 1.15. The summed E-state index contributed by atoms with van der Waals surface area (Å²) in [5, 5.41) is 10.5. The van der Waals surface area contributed by atoms with E-state index >= 15 is 0 Å². The van der Waals surface area contributed by atoms with Crippen molar-refractivity contribution in [1.82, 2.24) is 4.98 Å². The molecule has 0 aliphatic heterocycles. The first kappa shape index (κ1) is 18.8. The highest BCUT2D eigenvalue weighted by Crippen LogP contribution is 2.36. The molecule has 0 spiro atoms. The van der Waals surface area contributed by atoms with Crippen molar-refractivity contribution in [3.8, 4) is 0 Å². The van der Waals surface area contributed by atoms with E-state index in [2.05, 4.69) is 15.4 Å². The van der Waals surface area contributed by atoms with Gasteiger partial charge in [-0.2, -0.15) is 4.36 Å². The van der Waals surface area contributed by atoms with Crippen LogP contribution in [-0.4, -0.2) is 26.5 Å². The van der Waals surface area contributed by atoms with Crippen LogP contribution in [0.15, 0.2) is 20.8 Å². The molecule has 1 unspecified atom stereocenters. The van der Waals surface area contributed by atoms with Gasteiger partial charge in [-0.15, -0.1) is 11.3 Å². The van der Waals surface area contributed by atoms with Gasteiger partial charge in [0, 0.05) is 6.26 Å². The van der Waals surface area contributed by atoms with Gasteiger partial charge in [-0.25, -0.2) is 9.19 Å². The Morgan fingerprint density at radius 1 is 1.26 bits per heavy atom. The average molecular weight is 405 g/mol. The molecule has 5 nitrogen and oxygen atoms in total. The van der Waals surface area contributed by atoms with E-state index in [-0.39, 0.29) is 12.3 Å². The molecule has 1 heterocycles. The first-order valence-corrected chi connectivity index (χ1v) is 12.0. The third kappa shape index (κ3) is 3.48. The van der Waals surface area contributed by atoms with E-state index in [4.69, 9.17) is 0 Å². The van der Waals surface area contributed by atoms with Gasteiger partial charge < -0.3 is 5.11 Å². The minimum Gasteiger partial charge on any atom is -0.383 e. The van der Waals surface area contributed by atoms with Crippen molar-refractivity contribution < 1.29 is 14.1 Å². The van der Waals surface area contributed by atoms with E-state index in [1.807, 2.05) is 0 Å². The Bertz CT molecular complexity index is 1050. The number of aryl methyl sites for hydroxylation is 2. The minimum absolute atomic E-state index is 0.230. The van der Waals surface area contributed by atoms with Crippen LogP contribution >= 0.6 is 11.3 Å². The molecule has 27 heavy (non-hydrogen) atoms. The summed E-state index contributed by atoms with van der Waals surface area (Å²) in [6.07, 6.45) is 8.53. The molecule has 2 aliphatic rings. The SMILES string of the molecule is CC(C)(O)c1ncc(S(C)(=O)=NC(=O)Cc2c3c(cc4c2CC4)CCC3)s1. The Hall–Kier alpha value is -1.57. The lowest BCUT2D eigenvalue weighted by atomic mass is 9.80. The van der Waals surface area contributed by atoms with E-state index in [9.17, 15) is 14.1 Å². The smallest absolute Gasteiger partial charge is 0.258 e. The fraction of sp³-hybridized carbons (Fsp3) is 0.500. The van der Waals surface area contributed by atoms with E-state index in [1.54, 1.807) is 13.8 Å². The van der Waals surface area contributed by atoms with Gasteiger partial charge in [0.05, 0.1) is 22.3 Å². The van der Waals surface area contributed by atoms with Crippen molar-refractivity contribution in [2.45, 2.75) is 62.2 Å². The molecule has 4 rings (SSSR count). The molecular formula is C20H24N2O3S2. The molecule has 2 aromatic rings. The number of carbonyl (C=O) groups is 1. The van der Waals surface area contributed by atoms with Crippen molar-refractivity contribution in [1.29, 1.82) is 0 Å². The Kier molecular flexibility index (Phi) is 4.52. The zero-order chi connectivity index (χ0) is 19.4. The number of fused-ring (bicyclic) bond motifs is 2. The number of thiazole rings is 1. The number of rotatable bonds is 4. The third-order valence-electron chi connectivity index (χ3n) is 5.35. The molecule has 0 saturated heterocycles. The van der Waals surface area contributed by atoms with Crippen LogP contribution < -0.4 is 0 Å². The average Bonchev–Trinajstić information content (AvgIpc) is 3.18. The van der Waals surface area contributed by atoms with E-state index in [0.717, 1.165) is 49.0 Å². The Morgan fingerprint density at radius 2 is 1.96 bits per heavy atom. The van der Waals surface area contributed by atoms with Gasteiger partial charge in [-0.3, -0.25) is 4.79 Å². The number of aromatic nitrogens is 1. The summed E-state index contributed by atoms with van der Waals surface area (Å²) in [6, 6.07) is 2.31. The maximum absolute atomic E-state index is 13.0. The molecule has 144 valence electrons. The lowest BCUT2D eigenvalue weighted by Gasteiger charge is -2.25. The summed E-state index contributed by atoms with van der Waals surface area (Å²) in [6.45, 7) is 3.26. The van der Waals surface area contributed by atoms with Gasteiger partial charge >= 0.3 is 0 Å². The predicted octanol–water partition coefficient (Wildman–Crippen LogP) is 3.18. The van der Waals surface area contributed by atoms with Crippen LogP contribution in [0.25, 0.3) is 0 Å². The largest absolute Gasteiger partial charge is 0.383 e. The molecular weight excluding hydrogens is 380 g/mol. The normalized spacial score (nSPS) is 17.6. The molecule has 0 bridgehead atoms. The third-order valence-corrected chi connectivity index (χ3v) is 9.04. The minimum atomic E-state index is -2.87. The monoisotopic (exact) mass is 404 g/mol. The Labute approximate surface area is 164 Å². The fourth-order valence-electron chi connectivity index (χ4n) is 3.92. The number of carbonyl (C=O) groups excluding carboxylic acids is 1. The zero-order valence-electron chi connectivity index (χ0n) is 15.9. The maximum Gasteiger partial charge on any atom is 0.258 e. The van der Waals surface area contributed by atoms with Crippen LogP contribution in [0.4, 0.5) is 0 Å². The second-order valence-electron chi connectivity index (χ2n) is 7.99. The number of benzene rings is 1. The first-order chi connectivity index (χ1) is 12.6.